The summed E-state index contributed by atoms with van der Waals surface area (Å²) in [5.74, 6) is -1.40. The van der Waals surface area contributed by atoms with Crippen LogP contribution in [-0.2, 0) is 0 Å². The second kappa shape index (κ2) is 5.46. The summed E-state index contributed by atoms with van der Waals surface area (Å²) in [5.41, 5.74) is 0.414. The van der Waals surface area contributed by atoms with Crippen LogP contribution in [0.25, 0.3) is 0 Å². The number of pyridine rings is 1. The van der Waals surface area contributed by atoms with E-state index in [4.69, 9.17) is 11.6 Å². The van der Waals surface area contributed by atoms with Crippen molar-refractivity contribution in [2.24, 2.45) is 0 Å². The van der Waals surface area contributed by atoms with Gasteiger partial charge in [0.15, 0.2) is 11.0 Å². The Bertz CT molecular complexity index is 606. The minimum absolute atomic E-state index is 0.144. The Morgan fingerprint density at radius 1 is 1.39 bits per heavy atom. The SMILES string of the molecule is O=C(Nc1cccc(Br)c1)c1ccnc(Cl)c1F. The predicted molar refractivity (Wildman–Crippen MR) is 71.3 cm³/mol. The summed E-state index contributed by atoms with van der Waals surface area (Å²) in [5, 5.41) is 2.25. The van der Waals surface area contributed by atoms with E-state index in [1.54, 1.807) is 18.2 Å². The van der Waals surface area contributed by atoms with Crippen LogP contribution < -0.4 is 5.32 Å². The number of carbonyl (C=O) groups excluding carboxylic acids is 1. The van der Waals surface area contributed by atoms with Crippen molar-refractivity contribution >= 4 is 39.1 Å². The van der Waals surface area contributed by atoms with Crippen molar-refractivity contribution in [2.45, 2.75) is 0 Å². The van der Waals surface area contributed by atoms with Gasteiger partial charge in [-0.05, 0) is 24.3 Å². The first kappa shape index (κ1) is 13.0. The van der Waals surface area contributed by atoms with E-state index in [0.717, 1.165) is 4.47 Å². The second-order valence-corrected chi connectivity index (χ2v) is 4.70. The molecule has 0 saturated heterocycles. The topological polar surface area (TPSA) is 42.0 Å². The van der Waals surface area contributed by atoms with Crippen LogP contribution in [0.2, 0.25) is 5.15 Å². The highest BCUT2D eigenvalue weighted by Crippen LogP contribution is 2.19. The van der Waals surface area contributed by atoms with Gasteiger partial charge in [-0.3, -0.25) is 4.79 Å². The lowest BCUT2D eigenvalue weighted by Gasteiger charge is -2.06. The molecule has 1 heterocycles. The average Bonchev–Trinajstić information content (AvgIpc) is 2.32. The summed E-state index contributed by atoms with van der Waals surface area (Å²) in [7, 11) is 0. The number of hydrogen-bond donors (Lipinski definition) is 1. The molecule has 0 aliphatic carbocycles. The summed E-state index contributed by atoms with van der Waals surface area (Å²) in [6.07, 6.45) is 1.28. The Morgan fingerprint density at radius 2 is 2.17 bits per heavy atom. The zero-order chi connectivity index (χ0) is 13.1. The number of amides is 1. The Balaban J connectivity index is 2.25. The molecule has 0 atom stereocenters. The minimum Gasteiger partial charge on any atom is -0.322 e. The van der Waals surface area contributed by atoms with E-state index in [9.17, 15) is 9.18 Å². The smallest absolute Gasteiger partial charge is 0.258 e. The third-order valence-electron chi connectivity index (χ3n) is 2.17. The van der Waals surface area contributed by atoms with Crippen molar-refractivity contribution in [2.75, 3.05) is 5.32 Å². The van der Waals surface area contributed by atoms with Gasteiger partial charge in [0.1, 0.15) is 0 Å². The molecule has 92 valence electrons. The minimum atomic E-state index is -0.827. The van der Waals surface area contributed by atoms with Gasteiger partial charge in [-0.15, -0.1) is 0 Å². The molecule has 0 bridgehead atoms. The molecule has 1 amide bonds. The zero-order valence-electron chi connectivity index (χ0n) is 8.95. The molecule has 18 heavy (non-hydrogen) atoms. The number of benzene rings is 1. The van der Waals surface area contributed by atoms with Crippen LogP contribution in [0.4, 0.5) is 10.1 Å². The first-order valence-corrected chi connectivity index (χ1v) is 6.12. The highest BCUT2D eigenvalue weighted by Gasteiger charge is 2.15. The molecule has 1 N–H and O–H groups in total. The van der Waals surface area contributed by atoms with Crippen molar-refractivity contribution in [1.82, 2.24) is 4.98 Å². The van der Waals surface area contributed by atoms with Gasteiger partial charge >= 0.3 is 0 Å². The molecule has 0 radical (unpaired) electrons. The molecule has 2 rings (SSSR count). The zero-order valence-corrected chi connectivity index (χ0v) is 11.3. The lowest BCUT2D eigenvalue weighted by Crippen LogP contribution is -2.14. The molecule has 0 aliphatic heterocycles. The van der Waals surface area contributed by atoms with E-state index >= 15 is 0 Å². The standard InChI is InChI=1S/C12H7BrClFN2O/c13-7-2-1-3-8(6-7)17-12(18)9-4-5-16-11(14)10(9)15/h1-6H,(H,17,18). The molecule has 0 spiro atoms. The largest absolute Gasteiger partial charge is 0.322 e. The molecule has 2 aromatic rings. The Labute approximate surface area is 116 Å². The maximum atomic E-state index is 13.6. The van der Waals surface area contributed by atoms with Crippen LogP contribution in [0.15, 0.2) is 41.0 Å². The highest BCUT2D eigenvalue weighted by molar-refractivity contribution is 9.10. The molecular formula is C12H7BrClFN2O. The average molecular weight is 330 g/mol. The van der Waals surface area contributed by atoms with Crippen molar-refractivity contribution in [3.63, 3.8) is 0 Å². The van der Waals surface area contributed by atoms with Gasteiger partial charge < -0.3 is 5.32 Å². The van der Waals surface area contributed by atoms with E-state index in [-0.39, 0.29) is 10.7 Å². The molecule has 3 nitrogen and oxygen atoms in total. The number of nitrogens with one attached hydrogen (secondary N) is 1. The van der Waals surface area contributed by atoms with Crippen molar-refractivity contribution in [3.8, 4) is 0 Å². The number of aromatic nitrogens is 1. The van der Waals surface area contributed by atoms with Gasteiger partial charge in [-0.25, -0.2) is 9.37 Å². The number of rotatable bonds is 2. The molecule has 1 aromatic heterocycles. The number of nitrogens with zero attached hydrogens (tertiary/aromatic N) is 1. The number of hydrogen-bond acceptors (Lipinski definition) is 2. The molecular weight excluding hydrogens is 322 g/mol. The molecule has 0 fully saturated rings. The van der Waals surface area contributed by atoms with Crippen molar-refractivity contribution in [3.05, 3.63) is 57.5 Å². The molecule has 0 unspecified atom stereocenters. The van der Waals surface area contributed by atoms with Crippen LogP contribution in [0, 0.1) is 5.82 Å². The Hall–Kier alpha value is -1.46. The first-order chi connectivity index (χ1) is 8.58. The van der Waals surface area contributed by atoms with Gasteiger partial charge in [-0.1, -0.05) is 33.6 Å². The fourth-order valence-corrected chi connectivity index (χ4v) is 1.92. The van der Waals surface area contributed by atoms with E-state index in [2.05, 4.69) is 26.2 Å². The second-order valence-electron chi connectivity index (χ2n) is 3.43. The van der Waals surface area contributed by atoms with E-state index in [1.165, 1.54) is 12.3 Å². The quantitative estimate of drug-likeness (QED) is 0.849. The van der Waals surface area contributed by atoms with Gasteiger partial charge in [0, 0.05) is 16.4 Å². The van der Waals surface area contributed by atoms with Gasteiger partial charge in [-0.2, -0.15) is 0 Å². The fraction of sp³-hybridized carbons (Fsp3) is 0. The monoisotopic (exact) mass is 328 g/mol. The summed E-state index contributed by atoms with van der Waals surface area (Å²) in [6.45, 7) is 0. The summed E-state index contributed by atoms with van der Waals surface area (Å²) >= 11 is 8.79. The lowest BCUT2D eigenvalue weighted by atomic mass is 10.2. The predicted octanol–water partition coefficient (Wildman–Crippen LogP) is 3.89. The summed E-state index contributed by atoms with van der Waals surface area (Å²) < 4.78 is 14.4. The van der Waals surface area contributed by atoms with E-state index in [1.807, 2.05) is 6.07 Å². The highest BCUT2D eigenvalue weighted by atomic mass is 79.9. The third-order valence-corrected chi connectivity index (χ3v) is 2.93. The number of carbonyl (C=O) groups is 1. The summed E-state index contributed by atoms with van der Waals surface area (Å²) in [4.78, 5) is 15.4. The molecule has 0 aliphatic rings. The third kappa shape index (κ3) is 2.86. The molecule has 0 saturated carbocycles. The normalized spacial score (nSPS) is 10.2. The van der Waals surface area contributed by atoms with E-state index < -0.39 is 11.7 Å². The maximum absolute atomic E-state index is 13.6. The Kier molecular flexibility index (Phi) is 3.93. The lowest BCUT2D eigenvalue weighted by molar-refractivity contribution is 0.102. The van der Waals surface area contributed by atoms with E-state index in [0.29, 0.717) is 5.69 Å². The van der Waals surface area contributed by atoms with Gasteiger partial charge in [0.2, 0.25) is 0 Å². The fourth-order valence-electron chi connectivity index (χ4n) is 1.36. The number of halogens is 3. The van der Waals surface area contributed by atoms with Crippen LogP contribution in [0.3, 0.4) is 0 Å². The summed E-state index contributed by atoms with van der Waals surface area (Å²) in [6, 6.07) is 8.26. The van der Waals surface area contributed by atoms with Gasteiger partial charge in [0.05, 0.1) is 5.56 Å². The number of anilines is 1. The van der Waals surface area contributed by atoms with Crippen molar-refractivity contribution in [1.29, 1.82) is 0 Å². The van der Waals surface area contributed by atoms with Gasteiger partial charge in [0.25, 0.3) is 5.91 Å². The molecule has 1 aromatic carbocycles. The first-order valence-electron chi connectivity index (χ1n) is 4.95. The van der Waals surface area contributed by atoms with Crippen molar-refractivity contribution < 1.29 is 9.18 Å². The maximum Gasteiger partial charge on any atom is 0.258 e. The van der Waals surface area contributed by atoms with Crippen LogP contribution in [0.1, 0.15) is 10.4 Å². The van der Waals surface area contributed by atoms with Crippen LogP contribution in [-0.4, -0.2) is 10.9 Å². The van der Waals surface area contributed by atoms with Crippen LogP contribution in [0.5, 0.6) is 0 Å². The molecule has 6 heteroatoms. The Morgan fingerprint density at radius 3 is 2.89 bits per heavy atom. The van der Waals surface area contributed by atoms with Crippen LogP contribution >= 0.6 is 27.5 Å².